The van der Waals surface area contributed by atoms with Gasteiger partial charge in [-0.05, 0) is 18.8 Å². The molecule has 0 heterocycles. The molecule has 3 heteroatoms. The summed E-state index contributed by atoms with van der Waals surface area (Å²) < 4.78 is 0. The number of amides is 1. The third-order valence-corrected chi connectivity index (χ3v) is 3.43. The van der Waals surface area contributed by atoms with E-state index in [1.54, 1.807) is 4.90 Å². The first-order valence-corrected chi connectivity index (χ1v) is 6.08. The van der Waals surface area contributed by atoms with E-state index in [4.69, 9.17) is 0 Å². The lowest BCUT2D eigenvalue weighted by Gasteiger charge is -2.20. The average molecular weight is 212 g/mol. The Morgan fingerprint density at radius 3 is 2.73 bits per heavy atom. The number of nitrogens with zero attached hydrogens (tertiary/aromatic N) is 1. The fourth-order valence-electron chi connectivity index (χ4n) is 2.38. The zero-order valence-electron chi connectivity index (χ0n) is 10.3. The van der Waals surface area contributed by atoms with Crippen LogP contribution in [0.2, 0.25) is 0 Å². The van der Waals surface area contributed by atoms with Crippen molar-refractivity contribution in [1.29, 1.82) is 0 Å². The maximum absolute atomic E-state index is 11.4. The van der Waals surface area contributed by atoms with Gasteiger partial charge in [0.05, 0.1) is 0 Å². The lowest BCUT2D eigenvalue weighted by Crippen LogP contribution is -2.35. The zero-order chi connectivity index (χ0) is 11.3. The average Bonchev–Trinajstić information content (AvgIpc) is 2.65. The van der Waals surface area contributed by atoms with E-state index >= 15 is 0 Å². The van der Waals surface area contributed by atoms with Crippen molar-refractivity contribution in [3.63, 3.8) is 0 Å². The molecule has 1 rings (SSSR count). The Labute approximate surface area is 93.2 Å². The van der Waals surface area contributed by atoms with Gasteiger partial charge in [0.2, 0.25) is 5.91 Å². The highest BCUT2D eigenvalue weighted by atomic mass is 16.2. The van der Waals surface area contributed by atoms with Gasteiger partial charge in [-0.2, -0.15) is 0 Å². The lowest BCUT2D eigenvalue weighted by atomic mass is 10.0. The summed E-state index contributed by atoms with van der Waals surface area (Å²) in [6.07, 6.45) is 5.88. The molecule has 2 atom stereocenters. The SMILES string of the molecule is CCC1CCCC1NCCC(=O)N(C)C. The van der Waals surface area contributed by atoms with Crippen LogP contribution >= 0.6 is 0 Å². The highest BCUT2D eigenvalue weighted by molar-refractivity contribution is 5.75. The maximum Gasteiger partial charge on any atom is 0.223 e. The molecule has 1 fully saturated rings. The molecule has 0 aliphatic heterocycles. The summed E-state index contributed by atoms with van der Waals surface area (Å²) in [7, 11) is 3.62. The van der Waals surface area contributed by atoms with E-state index in [-0.39, 0.29) is 5.91 Å². The zero-order valence-corrected chi connectivity index (χ0v) is 10.3. The molecule has 88 valence electrons. The van der Waals surface area contributed by atoms with Crippen molar-refractivity contribution in [3.8, 4) is 0 Å². The number of hydrogen-bond donors (Lipinski definition) is 1. The minimum Gasteiger partial charge on any atom is -0.349 e. The highest BCUT2D eigenvalue weighted by Gasteiger charge is 2.24. The lowest BCUT2D eigenvalue weighted by molar-refractivity contribution is -0.128. The van der Waals surface area contributed by atoms with Crippen LogP contribution in [0.1, 0.15) is 39.0 Å². The second-order valence-corrected chi connectivity index (χ2v) is 4.70. The minimum atomic E-state index is 0.216. The molecule has 1 aliphatic carbocycles. The van der Waals surface area contributed by atoms with Gasteiger partial charge in [-0.25, -0.2) is 0 Å². The van der Waals surface area contributed by atoms with Gasteiger partial charge in [0.15, 0.2) is 0 Å². The van der Waals surface area contributed by atoms with Crippen LogP contribution in [-0.4, -0.2) is 37.5 Å². The number of rotatable bonds is 5. The number of nitrogens with one attached hydrogen (secondary N) is 1. The monoisotopic (exact) mass is 212 g/mol. The van der Waals surface area contributed by atoms with Crippen molar-refractivity contribution < 1.29 is 4.79 Å². The van der Waals surface area contributed by atoms with Crippen LogP contribution in [0.3, 0.4) is 0 Å². The van der Waals surface area contributed by atoms with Crippen molar-refractivity contribution >= 4 is 5.91 Å². The van der Waals surface area contributed by atoms with Gasteiger partial charge in [-0.15, -0.1) is 0 Å². The molecule has 0 radical (unpaired) electrons. The van der Waals surface area contributed by atoms with Crippen LogP contribution in [0.5, 0.6) is 0 Å². The maximum atomic E-state index is 11.4. The van der Waals surface area contributed by atoms with Crippen LogP contribution in [0.25, 0.3) is 0 Å². The number of carbonyl (C=O) groups excluding carboxylic acids is 1. The summed E-state index contributed by atoms with van der Waals surface area (Å²) in [5.41, 5.74) is 0. The molecule has 0 spiro atoms. The molecule has 0 aromatic rings. The van der Waals surface area contributed by atoms with Crippen molar-refractivity contribution in [1.82, 2.24) is 10.2 Å². The molecule has 1 saturated carbocycles. The van der Waals surface area contributed by atoms with E-state index in [2.05, 4.69) is 12.2 Å². The molecule has 0 saturated heterocycles. The predicted molar refractivity (Wildman–Crippen MR) is 62.7 cm³/mol. The predicted octanol–water partition coefficient (Wildman–Crippen LogP) is 1.63. The molecule has 2 unspecified atom stereocenters. The molecule has 0 aromatic carbocycles. The normalized spacial score (nSPS) is 25.5. The summed E-state index contributed by atoms with van der Waals surface area (Å²) in [5, 5.41) is 3.52. The highest BCUT2D eigenvalue weighted by Crippen LogP contribution is 2.27. The van der Waals surface area contributed by atoms with Crippen molar-refractivity contribution in [3.05, 3.63) is 0 Å². The van der Waals surface area contributed by atoms with Crippen LogP contribution in [-0.2, 0) is 4.79 Å². The minimum absolute atomic E-state index is 0.216. The molecule has 0 bridgehead atoms. The summed E-state index contributed by atoms with van der Waals surface area (Å²) >= 11 is 0. The second-order valence-electron chi connectivity index (χ2n) is 4.70. The second kappa shape index (κ2) is 6.11. The van der Waals surface area contributed by atoms with E-state index in [0.29, 0.717) is 12.5 Å². The standard InChI is InChI=1S/C12H24N2O/c1-4-10-6-5-7-11(10)13-9-8-12(15)14(2)3/h10-11,13H,4-9H2,1-3H3. The van der Waals surface area contributed by atoms with Crippen molar-refractivity contribution in [2.24, 2.45) is 5.92 Å². The van der Waals surface area contributed by atoms with Crippen molar-refractivity contribution in [2.45, 2.75) is 45.1 Å². The molecular formula is C12H24N2O. The van der Waals surface area contributed by atoms with E-state index in [9.17, 15) is 4.79 Å². The van der Waals surface area contributed by atoms with Crippen LogP contribution in [0.4, 0.5) is 0 Å². The van der Waals surface area contributed by atoms with Gasteiger partial charge in [-0.3, -0.25) is 4.79 Å². The Hall–Kier alpha value is -0.570. The molecule has 1 aliphatic rings. The van der Waals surface area contributed by atoms with Gasteiger partial charge in [0.1, 0.15) is 0 Å². The molecular weight excluding hydrogens is 188 g/mol. The molecule has 0 aromatic heterocycles. The van der Waals surface area contributed by atoms with Crippen LogP contribution < -0.4 is 5.32 Å². The van der Waals surface area contributed by atoms with E-state index in [0.717, 1.165) is 12.5 Å². The fourth-order valence-corrected chi connectivity index (χ4v) is 2.38. The first-order chi connectivity index (χ1) is 7.15. The first-order valence-electron chi connectivity index (χ1n) is 6.08. The van der Waals surface area contributed by atoms with Gasteiger partial charge in [0.25, 0.3) is 0 Å². The third-order valence-electron chi connectivity index (χ3n) is 3.43. The van der Waals surface area contributed by atoms with Crippen LogP contribution in [0.15, 0.2) is 0 Å². The summed E-state index contributed by atoms with van der Waals surface area (Å²) in [4.78, 5) is 13.0. The summed E-state index contributed by atoms with van der Waals surface area (Å²) in [6.45, 7) is 3.09. The largest absolute Gasteiger partial charge is 0.349 e. The van der Waals surface area contributed by atoms with Crippen LogP contribution in [0, 0.1) is 5.92 Å². The number of hydrogen-bond acceptors (Lipinski definition) is 2. The van der Waals surface area contributed by atoms with Gasteiger partial charge in [-0.1, -0.05) is 19.8 Å². The molecule has 1 N–H and O–H groups in total. The van der Waals surface area contributed by atoms with E-state index < -0.39 is 0 Å². The van der Waals surface area contributed by atoms with Gasteiger partial charge in [0, 0.05) is 33.1 Å². The Kier molecular flexibility index (Phi) is 5.09. The summed E-state index contributed by atoms with van der Waals surface area (Å²) in [5.74, 6) is 1.05. The van der Waals surface area contributed by atoms with Crippen molar-refractivity contribution in [2.75, 3.05) is 20.6 Å². The molecule has 1 amide bonds. The Bertz CT molecular complexity index is 204. The van der Waals surface area contributed by atoms with Gasteiger partial charge < -0.3 is 10.2 Å². The number of carbonyl (C=O) groups is 1. The third kappa shape index (κ3) is 3.82. The smallest absolute Gasteiger partial charge is 0.223 e. The molecule has 15 heavy (non-hydrogen) atoms. The topological polar surface area (TPSA) is 32.3 Å². The Morgan fingerprint density at radius 1 is 1.40 bits per heavy atom. The quantitative estimate of drug-likeness (QED) is 0.751. The van der Waals surface area contributed by atoms with E-state index in [1.807, 2.05) is 14.1 Å². The Balaban J connectivity index is 2.17. The molecule has 3 nitrogen and oxygen atoms in total. The van der Waals surface area contributed by atoms with E-state index in [1.165, 1.54) is 25.7 Å². The van der Waals surface area contributed by atoms with Gasteiger partial charge >= 0.3 is 0 Å². The Morgan fingerprint density at radius 2 is 2.13 bits per heavy atom. The summed E-state index contributed by atoms with van der Waals surface area (Å²) in [6, 6.07) is 0.657. The first kappa shape index (κ1) is 12.5. The fraction of sp³-hybridized carbons (Fsp3) is 0.917.